The highest BCUT2D eigenvalue weighted by Crippen LogP contribution is 2.01. The van der Waals surface area contributed by atoms with E-state index in [0.29, 0.717) is 0 Å². The summed E-state index contributed by atoms with van der Waals surface area (Å²) in [6, 6.07) is 10.7. The van der Waals surface area contributed by atoms with Crippen molar-refractivity contribution in [3.63, 3.8) is 0 Å². The fourth-order valence-corrected chi connectivity index (χ4v) is 1.49. The van der Waals surface area contributed by atoms with Crippen molar-refractivity contribution in [2.75, 3.05) is 33.7 Å². The minimum absolute atomic E-state index is 1.09. The van der Waals surface area contributed by atoms with E-state index in [1.807, 2.05) is 0 Å². The molecule has 0 aliphatic carbocycles. The van der Waals surface area contributed by atoms with Gasteiger partial charge in [0.25, 0.3) is 0 Å². The molecule has 0 saturated heterocycles. The number of nitrogens with one attached hydrogen (secondary N) is 1. The van der Waals surface area contributed by atoms with Crippen LogP contribution in [0.3, 0.4) is 0 Å². The molecule has 1 rings (SSSR count). The largest absolute Gasteiger partial charge is 0.315 e. The topological polar surface area (TPSA) is 15.3 Å². The van der Waals surface area contributed by atoms with Crippen LogP contribution in [0.5, 0.6) is 0 Å². The average Bonchev–Trinajstić information content (AvgIpc) is 2.24. The summed E-state index contributed by atoms with van der Waals surface area (Å²) in [7, 11) is 4.21. The van der Waals surface area contributed by atoms with Crippen LogP contribution < -0.4 is 5.32 Å². The van der Waals surface area contributed by atoms with Crippen LogP contribution >= 0.6 is 0 Å². The van der Waals surface area contributed by atoms with Crippen LogP contribution in [0.25, 0.3) is 0 Å². The number of hydrogen-bond donors (Lipinski definition) is 1. The van der Waals surface area contributed by atoms with Crippen LogP contribution in [0.4, 0.5) is 0 Å². The Morgan fingerprint density at radius 3 is 2.47 bits per heavy atom. The number of nitrogens with zero attached hydrogens (tertiary/aromatic N) is 1. The molecule has 0 spiro atoms. The highest BCUT2D eigenvalue weighted by atomic mass is 15.1. The lowest BCUT2D eigenvalue weighted by Crippen LogP contribution is -2.27. The van der Waals surface area contributed by atoms with E-state index in [1.54, 1.807) is 0 Å². The number of rotatable bonds is 7. The maximum absolute atomic E-state index is 3.45. The molecule has 0 amide bonds. The molecule has 0 atom stereocenters. The Morgan fingerprint density at radius 2 is 1.80 bits per heavy atom. The van der Waals surface area contributed by atoms with Gasteiger partial charge in [-0.05, 0) is 39.0 Å². The van der Waals surface area contributed by atoms with E-state index < -0.39 is 0 Å². The maximum atomic E-state index is 3.45. The molecule has 1 aromatic rings. The van der Waals surface area contributed by atoms with Gasteiger partial charge in [0, 0.05) is 13.1 Å². The lowest BCUT2D eigenvalue weighted by molar-refractivity contribution is 0.400. The van der Waals surface area contributed by atoms with Crippen LogP contribution in [-0.2, 0) is 6.42 Å². The highest BCUT2D eigenvalue weighted by molar-refractivity contribution is 5.14. The first kappa shape index (κ1) is 12.2. The minimum atomic E-state index is 1.09. The summed E-state index contributed by atoms with van der Waals surface area (Å²) < 4.78 is 0. The molecule has 0 aliphatic heterocycles. The number of benzene rings is 1. The zero-order chi connectivity index (χ0) is 10.9. The molecule has 0 aromatic heterocycles. The van der Waals surface area contributed by atoms with E-state index in [1.165, 1.54) is 18.4 Å². The molecular weight excluding hydrogens is 184 g/mol. The smallest absolute Gasteiger partial charge is 0.0101 e. The Bertz CT molecular complexity index is 244. The summed E-state index contributed by atoms with van der Waals surface area (Å²) in [5.41, 5.74) is 1.44. The summed E-state index contributed by atoms with van der Waals surface area (Å²) in [5, 5.41) is 3.45. The van der Waals surface area contributed by atoms with Crippen molar-refractivity contribution in [1.29, 1.82) is 0 Å². The van der Waals surface area contributed by atoms with Gasteiger partial charge in [0.2, 0.25) is 0 Å². The minimum Gasteiger partial charge on any atom is -0.315 e. The highest BCUT2D eigenvalue weighted by Gasteiger charge is 1.92. The van der Waals surface area contributed by atoms with Crippen LogP contribution in [0.15, 0.2) is 30.3 Å². The molecule has 1 aromatic carbocycles. The first-order valence-electron chi connectivity index (χ1n) is 5.68. The predicted molar refractivity (Wildman–Crippen MR) is 66.2 cm³/mol. The molecule has 0 heterocycles. The normalized spacial score (nSPS) is 10.9. The van der Waals surface area contributed by atoms with Crippen molar-refractivity contribution >= 4 is 0 Å². The van der Waals surface area contributed by atoms with Gasteiger partial charge < -0.3 is 10.2 Å². The van der Waals surface area contributed by atoms with Gasteiger partial charge in [-0.15, -0.1) is 0 Å². The third kappa shape index (κ3) is 6.26. The van der Waals surface area contributed by atoms with Crippen molar-refractivity contribution in [2.45, 2.75) is 12.8 Å². The summed E-state index contributed by atoms with van der Waals surface area (Å²) >= 11 is 0. The molecule has 0 fully saturated rings. The van der Waals surface area contributed by atoms with E-state index in [0.717, 1.165) is 19.6 Å². The lowest BCUT2D eigenvalue weighted by Gasteiger charge is -2.10. The van der Waals surface area contributed by atoms with E-state index in [4.69, 9.17) is 0 Å². The summed E-state index contributed by atoms with van der Waals surface area (Å²) in [6.07, 6.45) is 2.40. The maximum Gasteiger partial charge on any atom is 0.0101 e. The van der Waals surface area contributed by atoms with Gasteiger partial charge in [0.15, 0.2) is 0 Å². The van der Waals surface area contributed by atoms with Crippen molar-refractivity contribution < 1.29 is 0 Å². The number of likely N-dealkylation sites (N-methyl/N-ethyl adjacent to an activating group) is 1. The second-order valence-electron chi connectivity index (χ2n) is 4.14. The predicted octanol–water partition coefficient (Wildman–Crippen LogP) is 1.77. The van der Waals surface area contributed by atoms with Crippen molar-refractivity contribution in [2.24, 2.45) is 0 Å². The third-order valence-electron chi connectivity index (χ3n) is 2.40. The molecule has 0 aliphatic rings. The summed E-state index contributed by atoms with van der Waals surface area (Å²) in [5.74, 6) is 0. The molecule has 0 unspecified atom stereocenters. The average molecular weight is 206 g/mol. The van der Waals surface area contributed by atoms with Gasteiger partial charge in [0.1, 0.15) is 0 Å². The molecule has 0 radical (unpaired) electrons. The van der Waals surface area contributed by atoms with E-state index in [2.05, 4.69) is 54.6 Å². The zero-order valence-corrected chi connectivity index (χ0v) is 9.87. The molecule has 2 nitrogen and oxygen atoms in total. The van der Waals surface area contributed by atoms with Crippen molar-refractivity contribution in [3.8, 4) is 0 Å². The Labute approximate surface area is 93.3 Å². The first-order chi connectivity index (χ1) is 7.29. The van der Waals surface area contributed by atoms with Crippen LogP contribution in [0, 0.1) is 0 Å². The molecule has 1 N–H and O–H groups in total. The van der Waals surface area contributed by atoms with E-state index in [9.17, 15) is 0 Å². The Morgan fingerprint density at radius 1 is 1.07 bits per heavy atom. The summed E-state index contributed by atoms with van der Waals surface area (Å²) in [4.78, 5) is 2.20. The SMILES string of the molecule is CN(C)CCNCCCc1ccccc1. The quantitative estimate of drug-likeness (QED) is 0.684. The number of hydrogen-bond acceptors (Lipinski definition) is 2. The van der Waals surface area contributed by atoms with E-state index >= 15 is 0 Å². The van der Waals surface area contributed by atoms with Crippen LogP contribution in [0.1, 0.15) is 12.0 Å². The Balaban J connectivity index is 1.98. The first-order valence-corrected chi connectivity index (χ1v) is 5.68. The molecule has 15 heavy (non-hydrogen) atoms. The fourth-order valence-electron chi connectivity index (χ4n) is 1.49. The summed E-state index contributed by atoms with van der Waals surface area (Å²) in [6.45, 7) is 3.32. The van der Waals surface area contributed by atoms with Gasteiger partial charge in [-0.25, -0.2) is 0 Å². The lowest BCUT2D eigenvalue weighted by atomic mass is 10.1. The second kappa shape index (κ2) is 7.43. The van der Waals surface area contributed by atoms with Gasteiger partial charge in [-0.1, -0.05) is 30.3 Å². The molecule has 0 saturated carbocycles. The standard InChI is InChI=1S/C13H22N2/c1-15(2)12-11-14-10-6-9-13-7-4-3-5-8-13/h3-5,7-8,14H,6,9-12H2,1-2H3. The molecule has 2 heteroatoms. The Kier molecular flexibility index (Phi) is 6.05. The molecular formula is C13H22N2. The zero-order valence-electron chi connectivity index (χ0n) is 9.87. The number of aryl methyl sites for hydroxylation is 1. The van der Waals surface area contributed by atoms with Gasteiger partial charge in [0.05, 0.1) is 0 Å². The second-order valence-corrected chi connectivity index (χ2v) is 4.14. The molecule has 84 valence electrons. The Hall–Kier alpha value is -0.860. The van der Waals surface area contributed by atoms with Crippen molar-refractivity contribution in [1.82, 2.24) is 10.2 Å². The van der Waals surface area contributed by atoms with Crippen LogP contribution in [0.2, 0.25) is 0 Å². The third-order valence-corrected chi connectivity index (χ3v) is 2.40. The van der Waals surface area contributed by atoms with Crippen LogP contribution in [-0.4, -0.2) is 38.6 Å². The van der Waals surface area contributed by atoms with Gasteiger partial charge in [-0.2, -0.15) is 0 Å². The van der Waals surface area contributed by atoms with E-state index in [-0.39, 0.29) is 0 Å². The monoisotopic (exact) mass is 206 g/mol. The van der Waals surface area contributed by atoms with Crippen molar-refractivity contribution in [3.05, 3.63) is 35.9 Å². The van der Waals surface area contributed by atoms with Gasteiger partial charge in [-0.3, -0.25) is 0 Å². The molecule has 0 bridgehead atoms. The fraction of sp³-hybridized carbons (Fsp3) is 0.538. The van der Waals surface area contributed by atoms with Gasteiger partial charge >= 0.3 is 0 Å².